The number of ether oxygens (including phenoxy) is 1. The van der Waals surface area contributed by atoms with Crippen LogP contribution in [-0.2, 0) is 0 Å². The first-order valence-electron chi connectivity index (χ1n) is 7.34. The Balaban J connectivity index is 2.10. The first kappa shape index (κ1) is 14.0. The second-order valence-electron chi connectivity index (χ2n) is 5.42. The maximum Gasteiger partial charge on any atom is 0.256 e. The van der Waals surface area contributed by atoms with Gasteiger partial charge in [0, 0.05) is 11.6 Å². The van der Waals surface area contributed by atoms with Crippen molar-refractivity contribution in [3.8, 4) is 11.8 Å². The molecule has 0 saturated heterocycles. The number of nitrogens with zero attached hydrogens (tertiary/aromatic N) is 2. The van der Waals surface area contributed by atoms with E-state index in [-0.39, 0.29) is 17.0 Å². The van der Waals surface area contributed by atoms with E-state index in [9.17, 15) is 10.1 Å². The molecule has 6 heteroatoms. The number of fused-ring (bicyclic) bond motifs is 3. The molecule has 1 aliphatic rings. The van der Waals surface area contributed by atoms with Crippen LogP contribution in [0, 0.1) is 11.3 Å². The number of nitriles is 1. The summed E-state index contributed by atoms with van der Waals surface area (Å²) in [6.45, 7) is 0. The number of benzene rings is 1. The molecule has 0 unspecified atom stereocenters. The molecule has 3 aromatic rings. The van der Waals surface area contributed by atoms with Gasteiger partial charge in [0.2, 0.25) is 5.88 Å². The summed E-state index contributed by atoms with van der Waals surface area (Å²) in [6.07, 6.45) is 1.62. The molecule has 0 radical (unpaired) electrons. The van der Waals surface area contributed by atoms with Crippen LogP contribution in [0.15, 0.2) is 64.9 Å². The van der Waals surface area contributed by atoms with Crippen molar-refractivity contribution in [1.82, 2.24) is 9.97 Å². The van der Waals surface area contributed by atoms with Gasteiger partial charge in [-0.2, -0.15) is 5.26 Å². The highest BCUT2D eigenvalue weighted by Crippen LogP contribution is 2.42. The van der Waals surface area contributed by atoms with E-state index in [0.29, 0.717) is 22.5 Å². The van der Waals surface area contributed by atoms with Crippen LogP contribution >= 0.6 is 0 Å². The monoisotopic (exact) mass is 316 g/mol. The Morgan fingerprint density at radius 1 is 1.21 bits per heavy atom. The summed E-state index contributed by atoms with van der Waals surface area (Å²) in [4.78, 5) is 19.8. The van der Waals surface area contributed by atoms with Gasteiger partial charge in [-0.25, -0.2) is 0 Å². The summed E-state index contributed by atoms with van der Waals surface area (Å²) in [7, 11) is 0. The first-order chi connectivity index (χ1) is 11.7. The smallest absolute Gasteiger partial charge is 0.256 e. The predicted octanol–water partition coefficient (Wildman–Crippen LogP) is 2.14. The first-order valence-corrected chi connectivity index (χ1v) is 7.34. The summed E-state index contributed by atoms with van der Waals surface area (Å²) >= 11 is 0. The minimum atomic E-state index is -0.659. The van der Waals surface area contributed by atoms with Gasteiger partial charge in [-0.05, 0) is 24.3 Å². The molecule has 0 bridgehead atoms. The van der Waals surface area contributed by atoms with Gasteiger partial charge in [-0.3, -0.25) is 9.78 Å². The number of aromatic nitrogens is 2. The van der Waals surface area contributed by atoms with Gasteiger partial charge < -0.3 is 15.5 Å². The van der Waals surface area contributed by atoms with Crippen LogP contribution in [0.2, 0.25) is 0 Å². The third kappa shape index (κ3) is 1.96. The third-order valence-corrected chi connectivity index (χ3v) is 4.07. The maximum atomic E-state index is 12.7. The predicted molar refractivity (Wildman–Crippen MR) is 88.1 cm³/mol. The van der Waals surface area contributed by atoms with E-state index in [1.54, 1.807) is 30.5 Å². The highest BCUT2D eigenvalue weighted by atomic mass is 16.5. The Morgan fingerprint density at radius 2 is 2.00 bits per heavy atom. The Morgan fingerprint density at radius 3 is 2.75 bits per heavy atom. The number of H-pyrrole nitrogens is 1. The molecule has 3 N–H and O–H groups in total. The van der Waals surface area contributed by atoms with Crippen LogP contribution in [0.3, 0.4) is 0 Å². The normalized spacial score (nSPS) is 16.4. The van der Waals surface area contributed by atoms with Gasteiger partial charge in [0.25, 0.3) is 5.56 Å². The molecule has 0 saturated carbocycles. The van der Waals surface area contributed by atoms with Crippen LogP contribution in [0.4, 0.5) is 0 Å². The lowest BCUT2D eigenvalue weighted by molar-refractivity contribution is 0.396. The second kappa shape index (κ2) is 5.25. The van der Waals surface area contributed by atoms with E-state index in [0.717, 1.165) is 5.39 Å². The average Bonchev–Trinajstić information content (AvgIpc) is 2.61. The molecule has 3 heterocycles. The van der Waals surface area contributed by atoms with Crippen LogP contribution < -0.4 is 16.0 Å². The fourth-order valence-corrected chi connectivity index (χ4v) is 3.01. The van der Waals surface area contributed by atoms with Crippen LogP contribution in [-0.4, -0.2) is 9.97 Å². The molecule has 116 valence electrons. The number of hydrogen-bond acceptors (Lipinski definition) is 5. The average molecular weight is 316 g/mol. The van der Waals surface area contributed by atoms with Gasteiger partial charge in [0.15, 0.2) is 0 Å². The van der Waals surface area contributed by atoms with E-state index in [1.165, 1.54) is 0 Å². The zero-order valence-electron chi connectivity index (χ0n) is 12.5. The summed E-state index contributed by atoms with van der Waals surface area (Å²) < 4.78 is 5.67. The lowest BCUT2D eigenvalue weighted by Crippen LogP contribution is -2.28. The number of pyridine rings is 2. The largest absolute Gasteiger partial charge is 0.439 e. The van der Waals surface area contributed by atoms with Gasteiger partial charge in [-0.15, -0.1) is 0 Å². The molecule has 6 nitrogen and oxygen atoms in total. The van der Waals surface area contributed by atoms with E-state index < -0.39 is 5.92 Å². The van der Waals surface area contributed by atoms with Crippen LogP contribution in [0.1, 0.15) is 17.2 Å². The van der Waals surface area contributed by atoms with Crippen molar-refractivity contribution in [1.29, 1.82) is 5.26 Å². The zero-order valence-corrected chi connectivity index (χ0v) is 12.5. The Bertz CT molecular complexity index is 1080. The molecule has 1 aromatic carbocycles. The number of rotatable bonds is 1. The fourth-order valence-electron chi connectivity index (χ4n) is 3.01. The molecule has 1 aliphatic heterocycles. The number of nitrogens with two attached hydrogens (primary N) is 1. The van der Waals surface area contributed by atoms with Crippen molar-refractivity contribution in [2.75, 3.05) is 0 Å². The number of para-hydroxylation sites is 1. The maximum absolute atomic E-state index is 12.7. The molecule has 0 fully saturated rings. The lowest BCUT2D eigenvalue weighted by Gasteiger charge is -2.25. The summed E-state index contributed by atoms with van der Waals surface area (Å²) in [5, 5.41) is 10.2. The van der Waals surface area contributed by atoms with E-state index in [2.05, 4.69) is 16.0 Å². The molecule has 2 aromatic heterocycles. The summed E-state index contributed by atoms with van der Waals surface area (Å²) in [5.41, 5.74) is 7.40. The van der Waals surface area contributed by atoms with Crippen molar-refractivity contribution >= 4 is 10.9 Å². The van der Waals surface area contributed by atoms with Gasteiger partial charge >= 0.3 is 0 Å². The number of allylic oxidation sites excluding steroid dienone is 1. The molecule has 24 heavy (non-hydrogen) atoms. The Hall–Kier alpha value is -3.59. The molecule has 4 rings (SSSR count). The van der Waals surface area contributed by atoms with Gasteiger partial charge in [0.05, 0.1) is 22.7 Å². The minimum Gasteiger partial charge on any atom is -0.439 e. The number of aromatic amines is 1. The molecule has 0 aliphatic carbocycles. The molecular formula is C18H12N4O2. The molecule has 0 amide bonds. The SMILES string of the molecule is N#CC1=C(N)Oc2c(c(=O)[nH]c3ccccc23)[C@H]1c1ccccn1. The van der Waals surface area contributed by atoms with E-state index >= 15 is 0 Å². The second-order valence-corrected chi connectivity index (χ2v) is 5.42. The van der Waals surface area contributed by atoms with E-state index in [1.807, 2.05) is 18.2 Å². The van der Waals surface area contributed by atoms with Crippen molar-refractivity contribution in [3.05, 3.63) is 81.7 Å². The minimum absolute atomic E-state index is 0.00333. The fraction of sp³-hybridized carbons (Fsp3) is 0.0556. The zero-order chi connectivity index (χ0) is 16.7. The molecular weight excluding hydrogens is 304 g/mol. The van der Waals surface area contributed by atoms with Crippen molar-refractivity contribution in [2.45, 2.75) is 5.92 Å². The van der Waals surface area contributed by atoms with Gasteiger partial charge in [0.1, 0.15) is 17.4 Å². The van der Waals surface area contributed by atoms with Gasteiger partial charge in [-0.1, -0.05) is 18.2 Å². The number of hydrogen-bond donors (Lipinski definition) is 2. The summed E-state index contributed by atoms with van der Waals surface area (Å²) in [5.74, 6) is -0.286. The lowest BCUT2D eigenvalue weighted by atomic mass is 9.86. The summed E-state index contributed by atoms with van der Waals surface area (Å²) in [6, 6.07) is 14.7. The Labute approximate surface area is 136 Å². The van der Waals surface area contributed by atoms with Crippen molar-refractivity contribution in [3.63, 3.8) is 0 Å². The molecule has 0 spiro atoms. The quantitative estimate of drug-likeness (QED) is 0.715. The van der Waals surface area contributed by atoms with E-state index in [4.69, 9.17) is 10.5 Å². The third-order valence-electron chi connectivity index (χ3n) is 4.07. The highest BCUT2D eigenvalue weighted by Gasteiger charge is 2.35. The van der Waals surface area contributed by atoms with Crippen LogP contribution in [0.5, 0.6) is 5.75 Å². The topological polar surface area (TPSA) is 105 Å². The molecule has 1 atom stereocenters. The van der Waals surface area contributed by atoms with Crippen LogP contribution in [0.25, 0.3) is 10.9 Å². The van der Waals surface area contributed by atoms with Crippen molar-refractivity contribution < 1.29 is 4.74 Å². The highest BCUT2D eigenvalue weighted by molar-refractivity contribution is 5.87. The number of nitrogens with one attached hydrogen (secondary N) is 1. The van der Waals surface area contributed by atoms with Crippen molar-refractivity contribution in [2.24, 2.45) is 5.73 Å². The standard InChI is InChI=1S/C18H12N4O2/c19-9-11-14(13-7-3-4-8-21-13)15-16(24-17(11)20)10-5-1-2-6-12(10)22-18(15)23/h1-8,14H,20H2,(H,22,23)/t14-/m1/s1. The Kier molecular flexibility index (Phi) is 3.07.